The fourth-order valence-electron chi connectivity index (χ4n) is 3.00. The molecular formula is C19H24N4O2. The summed E-state index contributed by atoms with van der Waals surface area (Å²) in [7, 11) is 0. The molecule has 1 unspecified atom stereocenters. The summed E-state index contributed by atoms with van der Waals surface area (Å²) < 4.78 is 5.41. The Labute approximate surface area is 148 Å². The zero-order valence-corrected chi connectivity index (χ0v) is 14.7. The van der Waals surface area contributed by atoms with Crippen LogP contribution in [0.15, 0.2) is 36.4 Å². The summed E-state index contributed by atoms with van der Waals surface area (Å²) in [6.07, 6.45) is 1.99. The van der Waals surface area contributed by atoms with E-state index in [4.69, 9.17) is 4.74 Å². The van der Waals surface area contributed by atoms with E-state index in [9.17, 15) is 4.79 Å². The van der Waals surface area contributed by atoms with E-state index in [0.29, 0.717) is 12.2 Å². The molecule has 0 spiro atoms. The topological polar surface area (TPSA) is 67.3 Å². The molecule has 3 rings (SSSR count). The Balaban J connectivity index is 1.60. The van der Waals surface area contributed by atoms with Crippen molar-refractivity contribution in [3.63, 3.8) is 0 Å². The SMILES string of the molecule is CCOc1ccc(C(=O)NC2CCCN(c3ccc(C)nn3)C2)cc1. The lowest BCUT2D eigenvalue weighted by Gasteiger charge is -2.33. The highest BCUT2D eigenvalue weighted by molar-refractivity contribution is 5.94. The average molecular weight is 340 g/mol. The maximum Gasteiger partial charge on any atom is 0.251 e. The van der Waals surface area contributed by atoms with Crippen molar-refractivity contribution in [3.05, 3.63) is 47.7 Å². The van der Waals surface area contributed by atoms with Crippen molar-refractivity contribution in [2.45, 2.75) is 32.7 Å². The Bertz CT molecular complexity index is 700. The third kappa shape index (κ3) is 4.47. The molecule has 132 valence electrons. The minimum absolute atomic E-state index is 0.0510. The minimum atomic E-state index is -0.0510. The second-order valence-corrected chi connectivity index (χ2v) is 6.25. The van der Waals surface area contributed by atoms with Crippen LogP contribution < -0.4 is 15.0 Å². The molecule has 1 aliphatic heterocycles. The van der Waals surface area contributed by atoms with E-state index in [1.165, 1.54) is 0 Å². The van der Waals surface area contributed by atoms with Crippen LogP contribution in [0.3, 0.4) is 0 Å². The molecule has 1 aromatic carbocycles. The first kappa shape index (κ1) is 17.2. The number of benzene rings is 1. The van der Waals surface area contributed by atoms with Crippen LogP contribution in [0.1, 0.15) is 35.8 Å². The van der Waals surface area contributed by atoms with Crippen LogP contribution in [0.2, 0.25) is 0 Å². The van der Waals surface area contributed by atoms with Gasteiger partial charge in [0.2, 0.25) is 0 Å². The molecule has 1 N–H and O–H groups in total. The number of piperidine rings is 1. The predicted octanol–water partition coefficient (Wildman–Crippen LogP) is 2.58. The number of ether oxygens (including phenoxy) is 1. The van der Waals surface area contributed by atoms with Gasteiger partial charge in [-0.15, -0.1) is 5.10 Å². The summed E-state index contributed by atoms with van der Waals surface area (Å²) in [6, 6.07) is 11.3. The average Bonchev–Trinajstić information content (AvgIpc) is 2.63. The maximum absolute atomic E-state index is 12.5. The number of carbonyl (C=O) groups is 1. The minimum Gasteiger partial charge on any atom is -0.494 e. The summed E-state index contributed by atoms with van der Waals surface area (Å²) >= 11 is 0. The molecular weight excluding hydrogens is 316 g/mol. The molecule has 1 fully saturated rings. The van der Waals surface area contributed by atoms with Crippen LogP contribution >= 0.6 is 0 Å². The first-order valence-corrected chi connectivity index (χ1v) is 8.74. The normalized spacial score (nSPS) is 17.2. The van der Waals surface area contributed by atoms with Crippen molar-refractivity contribution in [1.82, 2.24) is 15.5 Å². The number of aryl methyl sites for hydroxylation is 1. The van der Waals surface area contributed by atoms with E-state index in [2.05, 4.69) is 20.4 Å². The molecule has 2 heterocycles. The summed E-state index contributed by atoms with van der Waals surface area (Å²) in [5.41, 5.74) is 1.55. The molecule has 0 radical (unpaired) electrons. The standard InChI is InChI=1S/C19H24N4O2/c1-3-25-17-9-7-15(8-10-17)19(24)20-16-5-4-12-23(13-16)18-11-6-14(2)21-22-18/h6-11,16H,3-5,12-13H2,1-2H3,(H,20,24). The van der Waals surface area contributed by atoms with Crippen LogP contribution in [0.25, 0.3) is 0 Å². The van der Waals surface area contributed by atoms with Crippen molar-refractivity contribution in [2.75, 3.05) is 24.6 Å². The second-order valence-electron chi connectivity index (χ2n) is 6.25. The molecule has 6 nitrogen and oxygen atoms in total. The summed E-state index contributed by atoms with van der Waals surface area (Å²) in [5.74, 6) is 1.59. The van der Waals surface area contributed by atoms with Gasteiger partial charge in [0.15, 0.2) is 5.82 Å². The Hall–Kier alpha value is -2.63. The van der Waals surface area contributed by atoms with Gasteiger partial charge in [-0.25, -0.2) is 0 Å². The van der Waals surface area contributed by atoms with E-state index in [-0.39, 0.29) is 11.9 Å². The number of aromatic nitrogens is 2. The van der Waals surface area contributed by atoms with Gasteiger partial charge in [-0.05, 0) is 63.1 Å². The lowest BCUT2D eigenvalue weighted by Crippen LogP contribution is -2.48. The van der Waals surface area contributed by atoms with Gasteiger partial charge in [0.05, 0.1) is 12.3 Å². The largest absolute Gasteiger partial charge is 0.494 e. The molecule has 1 saturated heterocycles. The first-order valence-electron chi connectivity index (χ1n) is 8.74. The van der Waals surface area contributed by atoms with Gasteiger partial charge in [-0.3, -0.25) is 4.79 Å². The van der Waals surface area contributed by atoms with Gasteiger partial charge in [0, 0.05) is 24.7 Å². The smallest absolute Gasteiger partial charge is 0.251 e. The van der Waals surface area contributed by atoms with E-state index in [1.54, 1.807) is 12.1 Å². The zero-order valence-electron chi connectivity index (χ0n) is 14.7. The van der Waals surface area contributed by atoms with Crippen LogP contribution in [0, 0.1) is 6.92 Å². The molecule has 0 saturated carbocycles. The Morgan fingerprint density at radius 3 is 2.72 bits per heavy atom. The molecule has 1 aromatic heterocycles. The first-order chi connectivity index (χ1) is 12.2. The van der Waals surface area contributed by atoms with Crippen molar-refractivity contribution >= 4 is 11.7 Å². The van der Waals surface area contributed by atoms with E-state index in [1.807, 2.05) is 38.1 Å². The molecule has 6 heteroatoms. The Morgan fingerprint density at radius 1 is 1.24 bits per heavy atom. The van der Waals surface area contributed by atoms with Gasteiger partial charge in [0.1, 0.15) is 5.75 Å². The fourth-order valence-corrected chi connectivity index (χ4v) is 3.00. The van der Waals surface area contributed by atoms with Crippen molar-refractivity contribution in [2.24, 2.45) is 0 Å². The zero-order chi connectivity index (χ0) is 17.6. The molecule has 2 aromatic rings. The number of hydrogen-bond donors (Lipinski definition) is 1. The van der Waals surface area contributed by atoms with Gasteiger partial charge in [0.25, 0.3) is 5.91 Å². The number of rotatable bonds is 5. The molecule has 1 amide bonds. The van der Waals surface area contributed by atoms with Gasteiger partial charge >= 0.3 is 0 Å². The third-order valence-corrected chi connectivity index (χ3v) is 4.29. The van der Waals surface area contributed by atoms with Crippen LogP contribution in [0.5, 0.6) is 5.75 Å². The van der Waals surface area contributed by atoms with Crippen LogP contribution in [-0.4, -0.2) is 41.8 Å². The number of nitrogens with one attached hydrogen (secondary N) is 1. The molecule has 1 aliphatic rings. The predicted molar refractivity (Wildman–Crippen MR) is 97.1 cm³/mol. The third-order valence-electron chi connectivity index (χ3n) is 4.29. The molecule has 0 bridgehead atoms. The van der Waals surface area contributed by atoms with Crippen LogP contribution in [-0.2, 0) is 0 Å². The highest BCUT2D eigenvalue weighted by Gasteiger charge is 2.23. The monoisotopic (exact) mass is 340 g/mol. The Kier molecular flexibility index (Phi) is 5.48. The second kappa shape index (κ2) is 7.96. The highest BCUT2D eigenvalue weighted by atomic mass is 16.5. The van der Waals surface area contributed by atoms with Crippen molar-refractivity contribution in [3.8, 4) is 5.75 Å². The number of carbonyl (C=O) groups excluding carboxylic acids is 1. The number of hydrogen-bond acceptors (Lipinski definition) is 5. The fraction of sp³-hybridized carbons (Fsp3) is 0.421. The van der Waals surface area contributed by atoms with Crippen molar-refractivity contribution in [1.29, 1.82) is 0 Å². The number of anilines is 1. The molecule has 1 atom stereocenters. The summed E-state index contributed by atoms with van der Waals surface area (Å²) in [4.78, 5) is 14.7. The van der Waals surface area contributed by atoms with Crippen LogP contribution in [0.4, 0.5) is 5.82 Å². The number of nitrogens with zero attached hydrogens (tertiary/aromatic N) is 3. The maximum atomic E-state index is 12.5. The molecule has 0 aliphatic carbocycles. The number of amides is 1. The van der Waals surface area contributed by atoms with Gasteiger partial charge in [-0.2, -0.15) is 5.10 Å². The van der Waals surface area contributed by atoms with Crippen molar-refractivity contribution < 1.29 is 9.53 Å². The summed E-state index contributed by atoms with van der Waals surface area (Å²) in [6.45, 7) is 6.17. The summed E-state index contributed by atoms with van der Waals surface area (Å²) in [5, 5.41) is 11.5. The lowest BCUT2D eigenvalue weighted by molar-refractivity contribution is 0.0933. The van der Waals surface area contributed by atoms with E-state index >= 15 is 0 Å². The quantitative estimate of drug-likeness (QED) is 0.906. The highest BCUT2D eigenvalue weighted by Crippen LogP contribution is 2.18. The van der Waals surface area contributed by atoms with Gasteiger partial charge < -0.3 is 15.0 Å². The van der Waals surface area contributed by atoms with E-state index in [0.717, 1.165) is 43.2 Å². The lowest BCUT2D eigenvalue weighted by atomic mass is 10.0. The van der Waals surface area contributed by atoms with Gasteiger partial charge in [-0.1, -0.05) is 0 Å². The molecule has 25 heavy (non-hydrogen) atoms. The Morgan fingerprint density at radius 2 is 2.04 bits per heavy atom. The van der Waals surface area contributed by atoms with E-state index < -0.39 is 0 Å².